The first-order valence-corrected chi connectivity index (χ1v) is 10.6. The average Bonchev–Trinajstić information content (AvgIpc) is 2.70. The molecule has 0 heterocycles. The maximum absolute atomic E-state index is 13.5. The van der Waals surface area contributed by atoms with E-state index in [0.717, 1.165) is 16.4 Å². The number of amides is 1. The van der Waals surface area contributed by atoms with Gasteiger partial charge in [0.1, 0.15) is 18.0 Å². The van der Waals surface area contributed by atoms with Crippen LogP contribution in [0.2, 0.25) is 0 Å². The van der Waals surface area contributed by atoms with E-state index in [1.165, 1.54) is 44.6 Å². The van der Waals surface area contributed by atoms with Gasteiger partial charge in [0.15, 0.2) is 4.90 Å². The lowest BCUT2D eigenvalue weighted by Crippen LogP contribution is -2.47. The van der Waals surface area contributed by atoms with Crippen molar-refractivity contribution < 1.29 is 27.6 Å². The Balaban J connectivity index is 2.68. The second-order valence-electron chi connectivity index (χ2n) is 7.57. The largest absolute Gasteiger partial charge is 0.497 e. The Hall–Kier alpha value is -3.34. The first kappa shape index (κ1) is 23.9. The number of nitro benzene ring substituents is 1. The summed E-state index contributed by atoms with van der Waals surface area (Å²) in [6.45, 7) is 4.63. The lowest BCUT2D eigenvalue weighted by Gasteiger charge is -2.28. The zero-order valence-electron chi connectivity index (χ0n) is 17.9. The van der Waals surface area contributed by atoms with Gasteiger partial charge in [-0.3, -0.25) is 19.2 Å². The van der Waals surface area contributed by atoms with Crippen molar-refractivity contribution >= 4 is 27.3 Å². The molecule has 31 heavy (non-hydrogen) atoms. The van der Waals surface area contributed by atoms with Crippen LogP contribution in [0.1, 0.15) is 20.8 Å². The Bertz CT molecular complexity index is 1080. The Morgan fingerprint density at radius 3 is 2.32 bits per heavy atom. The molecule has 168 valence electrons. The van der Waals surface area contributed by atoms with Gasteiger partial charge in [0.2, 0.25) is 5.91 Å². The van der Waals surface area contributed by atoms with Crippen LogP contribution >= 0.6 is 0 Å². The van der Waals surface area contributed by atoms with E-state index in [-0.39, 0.29) is 11.4 Å². The minimum Gasteiger partial charge on any atom is -0.497 e. The average molecular weight is 452 g/mol. The highest BCUT2D eigenvalue weighted by Crippen LogP contribution is 2.37. The molecule has 11 heteroatoms. The fraction of sp³-hybridized carbons (Fsp3) is 0.350. The summed E-state index contributed by atoms with van der Waals surface area (Å²) in [6, 6.07) is 9.32. The van der Waals surface area contributed by atoms with Crippen LogP contribution in [-0.2, 0) is 14.8 Å². The van der Waals surface area contributed by atoms with Crippen LogP contribution in [0.25, 0.3) is 0 Å². The number of hydrogen-bond acceptors (Lipinski definition) is 7. The molecule has 0 aromatic heterocycles. The maximum atomic E-state index is 13.5. The van der Waals surface area contributed by atoms with Crippen LogP contribution in [0.15, 0.2) is 47.4 Å². The normalized spacial score (nSPS) is 11.5. The molecule has 10 nitrogen and oxygen atoms in total. The van der Waals surface area contributed by atoms with Gasteiger partial charge in [-0.2, -0.15) is 0 Å². The predicted octanol–water partition coefficient (Wildman–Crippen LogP) is 2.72. The van der Waals surface area contributed by atoms with E-state index < -0.39 is 43.5 Å². The van der Waals surface area contributed by atoms with Gasteiger partial charge in [-0.05, 0) is 39.0 Å². The van der Waals surface area contributed by atoms with Crippen LogP contribution in [0.5, 0.6) is 11.5 Å². The van der Waals surface area contributed by atoms with E-state index in [1.54, 1.807) is 20.8 Å². The lowest BCUT2D eigenvalue weighted by atomic mass is 10.1. The zero-order valence-corrected chi connectivity index (χ0v) is 18.7. The van der Waals surface area contributed by atoms with Crippen molar-refractivity contribution in [2.75, 3.05) is 25.1 Å². The van der Waals surface area contributed by atoms with Crippen LogP contribution in [0, 0.1) is 10.1 Å². The first-order valence-electron chi connectivity index (χ1n) is 9.20. The molecule has 2 rings (SSSR count). The molecule has 0 aliphatic rings. The molecular formula is C20H25N3O7S. The van der Waals surface area contributed by atoms with Crippen molar-refractivity contribution in [3.8, 4) is 11.5 Å². The summed E-state index contributed by atoms with van der Waals surface area (Å²) in [5, 5.41) is 14.1. The number of nitrogens with one attached hydrogen (secondary N) is 1. The van der Waals surface area contributed by atoms with Gasteiger partial charge in [0, 0.05) is 17.7 Å². The Kier molecular flexibility index (Phi) is 7.11. The number of methoxy groups -OCH3 is 2. The number of carbonyl (C=O) groups is 1. The Labute approximate surface area is 181 Å². The summed E-state index contributed by atoms with van der Waals surface area (Å²) >= 11 is 0. The second kappa shape index (κ2) is 9.21. The van der Waals surface area contributed by atoms with E-state index in [9.17, 15) is 23.3 Å². The van der Waals surface area contributed by atoms with E-state index in [0.29, 0.717) is 5.75 Å². The van der Waals surface area contributed by atoms with Gasteiger partial charge in [-0.15, -0.1) is 0 Å². The molecular weight excluding hydrogens is 426 g/mol. The number of nitro groups is 1. The van der Waals surface area contributed by atoms with Crippen LogP contribution < -0.4 is 19.1 Å². The molecule has 0 fully saturated rings. The number of anilines is 1. The fourth-order valence-corrected chi connectivity index (χ4v) is 4.42. The number of nitrogens with zero attached hydrogens (tertiary/aromatic N) is 2. The third-order valence-electron chi connectivity index (χ3n) is 4.09. The molecule has 0 unspecified atom stereocenters. The van der Waals surface area contributed by atoms with Gasteiger partial charge < -0.3 is 14.8 Å². The third-order valence-corrected chi connectivity index (χ3v) is 5.89. The summed E-state index contributed by atoms with van der Waals surface area (Å²) in [7, 11) is -1.75. The minimum atomic E-state index is -4.52. The van der Waals surface area contributed by atoms with Crippen molar-refractivity contribution in [3.05, 3.63) is 52.6 Å². The first-order chi connectivity index (χ1) is 14.4. The summed E-state index contributed by atoms with van der Waals surface area (Å²) in [4.78, 5) is 22.8. The topological polar surface area (TPSA) is 128 Å². The molecule has 0 atom stereocenters. The molecule has 0 radical (unpaired) electrons. The molecule has 2 aromatic carbocycles. The standard InChI is InChI=1S/C20H25N3O7S/c1-20(2,3)21-19(24)13-22(15-11-10-14(29-4)12-17(15)30-5)31(27,28)18-9-7-6-8-16(18)23(25)26/h6-12H,13H2,1-5H3,(H,21,24). The smallest absolute Gasteiger partial charge is 0.289 e. The highest BCUT2D eigenvalue weighted by Gasteiger charge is 2.35. The molecule has 0 bridgehead atoms. The molecule has 0 saturated carbocycles. The van der Waals surface area contributed by atoms with Crippen molar-refractivity contribution in [2.45, 2.75) is 31.2 Å². The molecule has 1 N–H and O–H groups in total. The minimum absolute atomic E-state index is 0.0329. The fourth-order valence-electron chi connectivity index (χ4n) is 2.82. The third kappa shape index (κ3) is 5.63. The molecule has 1 amide bonds. The monoisotopic (exact) mass is 451 g/mol. The highest BCUT2D eigenvalue weighted by molar-refractivity contribution is 7.93. The molecule has 0 aliphatic heterocycles. The molecule has 0 spiro atoms. The van der Waals surface area contributed by atoms with Gasteiger partial charge in [0.05, 0.1) is 24.8 Å². The summed E-state index contributed by atoms with van der Waals surface area (Å²) in [6.07, 6.45) is 0. The lowest BCUT2D eigenvalue weighted by molar-refractivity contribution is -0.387. The number of hydrogen-bond donors (Lipinski definition) is 1. The van der Waals surface area contributed by atoms with Crippen molar-refractivity contribution in [1.82, 2.24) is 5.32 Å². The van der Waals surface area contributed by atoms with Crippen LogP contribution in [0.4, 0.5) is 11.4 Å². The highest BCUT2D eigenvalue weighted by atomic mass is 32.2. The molecule has 0 saturated heterocycles. The molecule has 0 aliphatic carbocycles. The van der Waals surface area contributed by atoms with E-state index in [4.69, 9.17) is 9.47 Å². The van der Waals surface area contributed by atoms with Gasteiger partial charge in [-0.25, -0.2) is 8.42 Å². The van der Waals surface area contributed by atoms with Gasteiger partial charge >= 0.3 is 0 Å². The van der Waals surface area contributed by atoms with E-state index in [2.05, 4.69) is 5.32 Å². The number of rotatable bonds is 8. The number of carbonyl (C=O) groups excluding carboxylic acids is 1. The van der Waals surface area contributed by atoms with E-state index >= 15 is 0 Å². The maximum Gasteiger partial charge on any atom is 0.289 e. The Morgan fingerprint density at radius 2 is 1.77 bits per heavy atom. The number of sulfonamides is 1. The van der Waals surface area contributed by atoms with Crippen molar-refractivity contribution in [1.29, 1.82) is 0 Å². The summed E-state index contributed by atoms with van der Waals surface area (Å²) in [5.41, 5.74) is -1.18. The number of ether oxygens (including phenoxy) is 2. The van der Waals surface area contributed by atoms with Crippen molar-refractivity contribution in [3.63, 3.8) is 0 Å². The summed E-state index contributed by atoms with van der Waals surface area (Å²) in [5.74, 6) is -0.0691. The predicted molar refractivity (Wildman–Crippen MR) is 115 cm³/mol. The quantitative estimate of drug-likeness (QED) is 0.483. The number of para-hydroxylation sites is 1. The van der Waals surface area contributed by atoms with Gasteiger partial charge in [-0.1, -0.05) is 12.1 Å². The van der Waals surface area contributed by atoms with Crippen LogP contribution in [-0.4, -0.2) is 45.6 Å². The molecule has 2 aromatic rings. The van der Waals surface area contributed by atoms with E-state index in [1.807, 2.05) is 0 Å². The second-order valence-corrected chi connectivity index (χ2v) is 9.40. The summed E-state index contributed by atoms with van der Waals surface area (Å²) < 4.78 is 38.3. The number of benzene rings is 2. The SMILES string of the molecule is COc1ccc(N(CC(=O)NC(C)(C)C)S(=O)(=O)c2ccccc2[N+](=O)[O-])c(OC)c1. The van der Waals surface area contributed by atoms with Crippen molar-refractivity contribution in [2.24, 2.45) is 0 Å². The Morgan fingerprint density at radius 1 is 1.13 bits per heavy atom. The van der Waals surface area contributed by atoms with Gasteiger partial charge in [0.25, 0.3) is 15.7 Å². The zero-order chi connectivity index (χ0) is 23.4. The van der Waals surface area contributed by atoms with Crippen LogP contribution in [0.3, 0.4) is 0 Å².